The van der Waals surface area contributed by atoms with E-state index in [2.05, 4.69) is 11.4 Å². The molecule has 2 aromatic rings. The molecule has 5 nitrogen and oxygen atoms in total. The summed E-state index contributed by atoms with van der Waals surface area (Å²) < 4.78 is 0. The highest BCUT2D eigenvalue weighted by Gasteiger charge is 2.19. The maximum absolute atomic E-state index is 13.0. The van der Waals surface area contributed by atoms with E-state index in [1.807, 2.05) is 60.7 Å². The summed E-state index contributed by atoms with van der Waals surface area (Å²) in [5, 5.41) is 11.5. The van der Waals surface area contributed by atoms with Gasteiger partial charge in [0.2, 0.25) is 5.91 Å². The number of hydrogen-bond acceptors (Lipinski definition) is 3. The number of nitrogens with zero attached hydrogens (tertiary/aromatic N) is 2. The lowest BCUT2D eigenvalue weighted by Gasteiger charge is -2.23. The van der Waals surface area contributed by atoms with Gasteiger partial charge in [0.25, 0.3) is 5.91 Å². The predicted octanol–water partition coefficient (Wildman–Crippen LogP) is 3.11. The van der Waals surface area contributed by atoms with Crippen molar-refractivity contribution in [2.45, 2.75) is 19.9 Å². The molecule has 0 unspecified atom stereocenters. The second-order valence-corrected chi connectivity index (χ2v) is 5.77. The van der Waals surface area contributed by atoms with E-state index in [1.54, 1.807) is 11.0 Å². The summed E-state index contributed by atoms with van der Waals surface area (Å²) in [5.41, 5.74) is 1.96. The molecule has 0 radical (unpaired) electrons. The van der Waals surface area contributed by atoms with Gasteiger partial charge in [0.15, 0.2) is 0 Å². The van der Waals surface area contributed by atoms with Gasteiger partial charge < -0.3 is 10.2 Å². The van der Waals surface area contributed by atoms with Crippen LogP contribution in [0.2, 0.25) is 0 Å². The summed E-state index contributed by atoms with van der Waals surface area (Å²) in [7, 11) is 0. The third kappa shape index (κ3) is 5.91. The topological polar surface area (TPSA) is 73.2 Å². The first-order chi connectivity index (χ1) is 12.6. The van der Waals surface area contributed by atoms with Crippen LogP contribution in [0, 0.1) is 11.3 Å². The van der Waals surface area contributed by atoms with Crippen molar-refractivity contribution in [1.29, 1.82) is 5.26 Å². The zero-order valence-electron chi connectivity index (χ0n) is 14.7. The zero-order chi connectivity index (χ0) is 18.8. The van der Waals surface area contributed by atoms with Crippen molar-refractivity contribution in [3.05, 3.63) is 77.5 Å². The van der Waals surface area contributed by atoms with Gasteiger partial charge in [0.1, 0.15) is 5.70 Å². The van der Waals surface area contributed by atoms with Gasteiger partial charge >= 0.3 is 0 Å². The standard InChI is InChI=1S/C21H21N3O2/c1-17(25)23-20(15-18-9-4-2-5-10-18)21(26)24(14-8-13-22)16-19-11-6-3-7-12-19/h2-7,9-12,15H,8,14,16H2,1H3,(H,23,25)/b20-15-. The molecule has 2 amide bonds. The molecule has 0 aliphatic carbocycles. The SMILES string of the molecule is CC(=O)N/C(=C\c1ccccc1)C(=O)N(CCC#N)Cc1ccccc1. The van der Waals surface area contributed by atoms with Crippen molar-refractivity contribution in [1.82, 2.24) is 10.2 Å². The van der Waals surface area contributed by atoms with E-state index in [-0.39, 0.29) is 30.5 Å². The molecule has 0 bridgehead atoms. The molecule has 132 valence electrons. The van der Waals surface area contributed by atoms with E-state index in [4.69, 9.17) is 5.26 Å². The molecule has 0 atom stereocenters. The Balaban J connectivity index is 2.30. The van der Waals surface area contributed by atoms with E-state index < -0.39 is 0 Å². The summed E-state index contributed by atoms with van der Waals surface area (Å²) in [6.45, 7) is 2.02. The lowest BCUT2D eigenvalue weighted by molar-refractivity contribution is -0.129. The van der Waals surface area contributed by atoms with E-state index >= 15 is 0 Å². The van der Waals surface area contributed by atoms with Crippen molar-refractivity contribution in [2.24, 2.45) is 0 Å². The fourth-order valence-electron chi connectivity index (χ4n) is 2.47. The van der Waals surface area contributed by atoms with Crippen LogP contribution in [0.3, 0.4) is 0 Å². The van der Waals surface area contributed by atoms with Crippen LogP contribution in [0.5, 0.6) is 0 Å². The van der Waals surface area contributed by atoms with Crippen molar-refractivity contribution in [3.8, 4) is 6.07 Å². The average molecular weight is 347 g/mol. The van der Waals surface area contributed by atoms with Gasteiger partial charge in [-0.15, -0.1) is 0 Å². The first-order valence-corrected chi connectivity index (χ1v) is 8.34. The van der Waals surface area contributed by atoms with Crippen molar-refractivity contribution in [3.63, 3.8) is 0 Å². The number of amides is 2. The minimum atomic E-state index is -0.319. The first kappa shape index (κ1) is 18.9. The van der Waals surface area contributed by atoms with Gasteiger partial charge in [0, 0.05) is 20.0 Å². The molecular weight excluding hydrogens is 326 g/mol. The summed E-state index contributed by atoms with van der Waals surface area (Å²) in [6.07, 6.45) is 1.87. The van der Waals surface area contributed by atoms with E-state index in [9.17, 15) is 9.59 Å². The highest BCUT2D eigenvalue weighted by molar-refractivity contribution is 6.00. The molecule has 2 aromatic carbocycles. The highest BCUT2D eigenvalue weighted by Crippen LogP contribution is 2.12. The lowest BCUT2D eigenvalue weighted by Crippen LogP contribution is -2.38. The van der Waals surface area contributed by atoms with Crippen LogP contribution in [-0.2, 0) is 16.1 Å². The fraction of sp³-hybridized carbons (Fsp3) is 0.190. The Morgan fingerprint density at radius 3 is 2.27 bits per heavy atom. The summed E-state index contributed by atoms with van der Waals surface area (Å²) >= 11 is 0. The molecule has 0 aliphatic heterocycles. The Labute approximate surface area is 153 Å². The lowest BCUT2D eigenvalue weighted by atomic mass is 10.1. The normalized spacial score (nSPS) is 10.7. The first-order valence-electron chi connectivity index (χ1n) is 8.34. The molecule has 26 heavy (non-hydrogen) atoms. The molecule has 0 aliphatic rings. The van der Waals surface area contributed by atoms with Crippen LogP contribution in [0.25, 0.3) is 6.08 Å². The summed E-state index contributed by atoms with van der Waals surface area (Å²) in [5.74, 6) is -0.636. The van der Waals surface area contributed by atoms with Crippen LogP contribution >= 0.6 is 0 Å². The monoisotopic (exact) mass is 347 g/mol. The van der Waals surface area contributed by atoms with Gasteiger partial charge in [-0.25, -0.2) is 0 Å². The zero-order valence-corrected chi connectivity index (χ0v) is 14.7. The number of hydrogen-bond donors (Lipinski definition) is 1. The molecule has 0 saturated carbocycles. The van der Waals surface area contributed by atoms with Crippen LogP contribution in [0.15, 0.2) is 66.4 Å². The van der Waals surface area contributed by atoms with Crippen molar-refractivity contribution in [2.75, 3.05) is 6.54 Å². The van der Waals surface area contributed by atoms with Gasteiger partial charge in [-0.3, -0.25) is 9.59 Å². The van der Waals surface area contributed by atoms with Crippen LogP contribution < -0.4 is 5.32 Å². The van der Waals surface area contributed by atoms with E-state index in [0.29, 0.717) is 6.54 Å². The number of carbonyl (C=O) groups excluding carboxylic acids is 2. The third-order valence-corrected chi connectivity index (χ3v) is 3.65. The molecule has 1 N–H and O–H groups in total. The Morgan fingerprint density at radius 2 is 1.69 bits per heavy atom. The molecular formula is C21H21N3O2. The molecule has 0 saturated heterocycles. The number of nitriles is 1. The average Bonchev–Trinajstić information content (AvgIpc) is 2.65. The minimum absolute atomic E-state index is 0.192. The number of carbonyl (C=O) groups is 2. The van der Waals surface area contributed by atoms with Crippen molar-refractivity contribution < 1.29 is 9.59 Å². The molecule has 0 aromatic heterocycles. The van der Waals surface area contributed by atoms with Crippen LogP contribution in [-0.4, -0.2) is 23.3 Å². The minimum Gasteiger partial charge on any atom is -0.332 e. The van der Waals surface area contributed by atoms with E-state index in [1.165, 1.54) is 6.92 Å². The van der Waals surface area contributed by atoms with Crippen LogP contribution in [0.1, 0.15) is 24.5 Å². The molecule has 2 rings (SSSR count). The number of benzene rings is 2. The maximum Gasteiger partial charge on any atom is 0.270 e. The molecule has 5 heteroatoms. The van der Waals surface area contributed by atoms with E-state index in [0.717, 1.165) is 11.1 Å². The predicted molar refractivity (Wildman–Crippen MR) is 100 cm³/mol. The van der Waals surface area contributed by atoms with Gasteiger partial charge in [-0.05, 0) is 17.2 Å². The molecule has 0 heterocycles. The number of nitrogens with one attached hydrogen (secondary N) is 1. The smallest absolute Gasteiger partial charge is 0.270 e. The second-order valence-electron chi connectivity index (χ2n) is 5.77. The third-order valence-electron chi connectivity index (χ3n) is 3.65. The van der Waals surface area contributed by atoms with Crippen LogP contribution in [0.4, 0.5) is 0 Å². The highest BCUT2D eigenvalue weighted by atomic mass is 16.2. The Hall–Kier alpha value is -3.39. The molecule has 0 fully saturated rings. The van der Waals surface area contributed by atoms with Gasteiger partial charge in [0.05, 0.1) is 12.5 Å². The van der Waals surface area contributed by atoms with Gasteiger partial charge in [-0.1, -0.05) is 60.7 Å². The van der Waals surface area contributed by atoms with Gasteiger partial charge in [-0.2, -0.15) is 5.26 Å². The maximum atomic E-state index is 13.0. The van der Waals surface area contributed by atoms with Crippen molar-refractivity contribution >= 4 is 17.9 Å². The largest absolute Gasteiger partial charge is 0.332 e. The Kier molecular flexibility index (Phi) is 7.14. The summed E-state index contributed by atoms with van der Waals surface area (Å²) in [6, 6.07) is 20.9. The Morgan fingerprint density at radius 1 is 1.08 bits per heavy atom. The quantitative estimate of drug-likeness (QED) is 0.782. The Bertz CT molecular complexity index is 808. The number of rotatable bonds is 7. The second kappa shape index (κ2) is 9.80. The fourth-order valence-corrected chi connectivity index (χ4v) is 2.47. The summed E-state index contributed by atoms with van der Waals surface area (Å²) in [4.78, 5) is 26.2. The molecule has 0 spiro atoms.